The van der Waals surface area contributed by atoms with Crippen molar-refractivity contribution in [1.82, 2.24) is 5.32 Å². The van der Waals surface area contributed by atoms with E-state index in [1.54, 1.807) is 13.0 Å². The van der Waals surface area contributed by atoms with E-state index in [9.17, 15) is 9.59 Å². The van der Waals surface area contributed by atoms with E-state index in [1.807, 2.05) is 0 Å². The number of hydrogen-bond acceptors (Lipinski definition) is 5. The number of esters is 1. The van der Waals surface area contributed by atoms with Gasteiger partial charge in [-0.25, -0.2) is 4.79 Å². The number of carbonyl (C=O) groups excluding carboxylic acids is 2. The van der Waals surface area contributed by atoms with Gasteiger partial charge in [0.05, 0.1) is 13.7 Å². The normalized spacial score (nSPS) is 10.4. The van der Waals surface area contributed by atoms with Crippen molar-refractivity contribution in [3.8, 4) is 0 Å². The minimum atomic E-state index is -0.436. The molecule has 1 rings (SSSR count). The predicted octanol–water partition coefficient (Wildman–Crippen LogP) is 1.90. The van der Waals surface area contributed by atoms with Gasteiger partial charge in [0.2, 0.25) is 5.91 Å². The number of aryl methyl sites for hydroxylation is 1. The molecule has 118 valence electrons. The molecule has 0 fully saturated rings. The number of rotatable bonds is 9. The SMILES string of the molecule is COC(=O)c1cc(CNC(=O)CCCCCCN)oc1C. The van der Waals surface area contributed by atoms with Gasteiger partial charge in [-0.15, -0.1) is 0 Å². The first-order chi connectivity index (χ1) is 10.1. The van der Waals surface area contributed by atoms with Crippen LogP contribution in [0, 0.1) is 6.92 Å². The van der Waals surface area contributed by atoms with Gasteiger partial charge in [-0.1, -0.05) is 12.8 Å². The number of carbonyl (C=O) groups is 2. The van der Waals surface area contributed by atoms with Gasteiger partial charge in [0, 0.05) is 6.42 Å². The van der Waals surface area contributed by atoms with E-state index in [4.69, 9.17) is 10.2 Å². The zero-order chi connectivity index (χ0) is 15.7. The third-order valence-corrected chi connectivity index (χ3v) is 3.19. The minimum Gasteiger partial charge on any atom is -0.465 e. The zero-order valence-electron chi connectivity index (χ0n) is 12.7. The minimum absolute atomic E-state index is 0.0172. The lowest BCUT2D eigenvalue weighted by Crippen LogP contribution is -2.22. The fraction of sp³-hybridized carbons (Fsp3) is 0.600. The lowest BCUT2D eigenvalue weighted by atomic mass is 10.1. The van der Waals surface area contributed by atoms with Gasteiger partial charge in [-0.05, 0) is 32.4 Å². The molecule has 0 unspecified atom stereocenters. The Morgan fingerprint density at radius 1 is 1.29 bits per heavy atom. The highest BCUT2D eigenvalue weighted by Crippen LogP contribution is 2.15. The highest BCUT2D eigenvalue weighted by Gasteiger charge is 2.15. The molecular formula is C15H24N2O4. The molecule has 0 aliphatic carbocycles. The van der Waals surface area contributed by atoms with Crippen molar-refractivity contribution >= 4 is 11.9 Å². The van der Waals surface area contributed by atoms with Crippen LogP contribution in [0.15, 0.2) is 10.5 Å². The molecule has 0 aliphatic rings. The van der Waals surface area contributed by atoms with Crippen LogP contribution in [0.3, 0.4) is 0 Å². The second-order valence-corrected chi connectivity index (χ2v) is 4.90. The lowest BCUT2D eigenvalue weighted by molar-refractivity contribution is -0.121. The zero-order valence-corrected chi connectivity index (χ0v) is 12.7. The average Bonchev–Trinajstić information content (AvgIpc) is 2.85. The van der Waals surface area contributed by atoms with Crippen LogP contribution in [-0.4, -0.2) is 25.5 Å². The molecule has 0 spiro atoms. The fourth-order valence-electron chi connectivity index (χ4n) is 2.00. The number of ether oxygens (including phenoxy) is 1. The molecule has 1 aromatic heterocycles. The molecule has 6 heteroatoms. The van der Waals surface area contributed by atoms with Crippen molar-refractivity contribution in [3.05, 3.63) is 23.2 Å². The third kappa shape index (κ3) is 5.99. The summed E-state index contributed by atoms with van der Waals surface area (Å²) in [4.78, 5) is 23.1. The van der Waals surface area contributed by atoms with Crippen molar-refractivity contribution in [1.29, 1.82) is 0 Å². The molecule has 21 heavy (non-hydrogen) atoms. The first-order valence-corrected chi connectivity index (χ1v) is 7.23. The van der Waals surface area contributed by atoms with Crippen LogP contribution in [-0.2, 0) is 16.1 Å². The molecule has 0 radical (unpaired) electrons. The van der Waals surface area contributed by atoms with Crippen molar-refractivity contribution < 1.29 is 18.7 Å². The quantitative estimate of drug-likeness (QED) is 0.536. The van der Waals surface area contributed by atoms with Gasteiger partial charge in [-0.3, -0.25) is 4.79 Å². The first-order valence-electron chi connectivity index (χ1n) is 7.23. The summed E-state index contributed by atoms with van der Waals surface area (Å²) in [5, 5.41) is 2.78. The summed E-state index contributed by atoms with van der Waals surface area (Å²) in [6, 6.07) is 1.60. The molecule has 0 aromatic carbocycles. The van der Waals surface area contributed by atoms with E-state index in [0.29, 0.717) is 30.0 Å². The van der Waals surface area contributed by atoms with Crippen molar-refractivity contribution in [2.45, 2.75) is 45.6 Å². The third-order valence-electron chi connectivity index (χ3n) is 3.19. The highest BCUT2D eigenvalue weighted by molar-refractivity contribution is 5.90. The molecular weight excluding hydrogens is 272 g/mol. The van der Waals surface area contributed by atoms with Gasteiger partial charge in [0.1, 0.15) is 17.1 Å². The van der Waals surface area contributed by atoms with E-state index in [1.165, 1.54) is 7.11 Å². The van der Waals surface area contributed by atoms with Crippen LogP contribution < -0.4 is 11.1 Å². The van der Waals surface area contributed by atoms with Gasteiger partial charge in [0.25, 0.3) is 0 Å². The van der Waals surface area contributed by atoms with Crippen molar-refractivity contribution in [2.24, 2.45) is 5.73 Å². The maximum atomic E-state index is 11.7. The monoisotopic (exact) mass is 296 g/mol. The van der Waals surface area contributed by atoms with Crippen molar-refractivity contribution in [2.75, 3.05) is 13.7 Å². The molecule has 6 nitrogen and oxygen atoms in total. The Morgan fingerprint density at radius 2 is 2.00 bits per heavy atom. The number of amides is 1. The maximum Gasteiger partial charge on any atom is 0.341 e. The van der Waals surface area contributed by atoms with Gasteiger partial charge in [0.15, 0.2) is 0 Å². The second-order valence-electron chi connectivity index (χ2n) is 4.90. The topological polar surface area (TPSA) is 94.6 Å². The highest BCUT2D eigenvalue weighted by atomic mass is 16.5. The van der Waals surface area contributed by atoms with Crippen LogP contribution >= 0.6 is 0 Å². The predicted molar refractivity (Wildman–Crippen MR) is 78.8 cm³/mol. The summed E-state index contributed by atoms with van der Waals surface area (Å²) >= 11 is 0. The van der Waals surface area contributed by atoms with E-state index in [2.05, 4.69) is 10.1 Å². The standard InChI is InChI=1S/C15H24N2O4/c1-11-13(15(19)20-2)9-12(21-11)10-17-14(18)7-5-3-4-6-8-16/h9H,3-8,10,16H2,1-2H3,(H,17,18). The number of hydrogen-bond donors (Lipinski definition) is 2. The summed E-state index contributed by atoms with van der Waals surface area (Å²) in [6.07, 6.45) is 4.43. The Balaban J connectivity index is 2.31. The summed E-state index contributed by atoms with van der Waals surface area (Å²) in [5.74, 6) is 0.586. The average molecular weight is 296 g/mol. The number of methoxy groups -OCH3 is 1. The van der Waals surface area contributed by atoms with E-state index in [-0.39, 0.29) is 12.5 Å². The molecule has 1 heterocycles. The Bertz CT molecular complexity index is 468. The molecule has 0 saturated heterocycles. The van der Waals surface area contributed by atoms with E-state index >= 15 is 0 Å². The van der Waals surface area contributed by atoms with Crippen LogP contribution in [0.25, 0.3) is 0 Å². The summed E-state index contributed by atoms with van der Waals surface area (Å²) in [5.41, 5.74) is 5.80. The molecule has 0 aliphatic heterocycles. The number of nitrogens with two attached hydrogens (primary N) is 1. The molecule has 1 amide bonds. The molecule has 0 saturated carbocycles. The number of unbranched alkanes of at least 4 members (excludes halogenated alkanes) is 3. The number of nitrogens with one attached hydrogen (secondary N) is 1. The van der Waals surface area contributed by atoms with Gasteiger partial charge < -0.3 is 20.2 Å². The Hall–Kier alpha value is -1.82. The molecule has 0 bridgehead atoms. The summed E-state index contributed by atoms with van der Waals surface area (Å²) in [6.45, 7) is 2.67. The smallest absolute Gasteiger partial charge is 0.341 e. The Kier molecular flexibility index (Phi) is 7.53. The van der Waals surface area contributed by atoms with Crippen molar-refractivity contribution in [3.63, 3.8) is 0 Å². The maximum absolute atomic E-state index is 11.7. The van der Waals surface area contributed by atoms with Crippen LogP contribution in [0.1, 0.15) is 54.0 Å². The van der Waals surface area contributed by atoms with Gasteiger partial charge in [-0.2, -0.15) is 0 Å². The first kappa shape index (κ1) is 17.2. The number of furan rings is 1. The second kappa shape index (κ2) is 9.18. The molecule has 1 aromatic rings. The summed E-state index contributed by atoms with van der Waals surface area (Å²) < 4.78 is 10.1. The largest absolute Gasteiger partial charge is 0.465 e. The lowest BCUT2D eigenvalue weighted by Gasteiger charge is -2.03. The van der Waals surface area contributed by atoms with E-state index < -0.39 is 5.97 Å². The fourth-order valence-corrected chi connectivity index (χ4v) is 2.00. The summed E-state index contributed by atoms with van der Waals surface area (Å²) in [7, 11) is 1.32. The van der Waals surface area contributed by atoms with Crippen LogP contribution in [0.5, 0.6) is 0 Å². The van der Waals surface area contributed by atoms with E-state index in [0.717, 1.165) is 25.7 Å². The van der Waals surface area contributed by atoms with Crippen LogP contribution in [0.4, 0.5) is 0 Å². The molecule has 3 N–H and O–H groups in total. The van der Waals surface area contributed by atoms with Crippen LogP contribution in [0.2, 0.25) is 0 Å². The Morgan fingerprint density at radius 3 is 2.67 bits per heavy atom. The Labute approximate surface area is 125 Å². The van der Waals surface area contributed by atoms with Gasteiger partial charge >= 0.3 is 5.97 Å². The molecule has 0 atom stereocenters.